The highest BCUT2D eigenvalue weighted by atomic mass is 35.5. The number of hydrogen-bond donors (Lipinski definition) is 1. The molecule has 1 N–H and O–H groups in total. The van der Waals surface area contributed by atoms with Crippen LogP contribution < -0.4 is 5.32 Å². The zero-order valence-corrected chi connectivity index (χ0v) is 12.9. The van der Waals surface area contributed by atoms with E-state index in [2.05, 4.69) is 30.5 Å². The molecular formula is C16H22ClN3. The average Bonchev–Trinajstić information content (AvgIpc) is 2.85. The van der Waals surface area contributed by atoms with Crippen LogP contribution in [0.5, 0.6) is 0 Å². The van der Waals surface area contributed by atoms with E-state index in [0.717, 1.165) is 31.0 Å². The minimum absolute atomic E-state index is 0.558. The van der Waals surface area contributed by atoms with Crippen molar-refractivity contribution in [1.82, 2.24) is 15.1 Å². The Morgan fingerprint density at radius 2 is 1.95 bits per heavy atom. The third-order valence-corrected chi connectivity index (χ3v) is 3.39. The summed E-state index contributed by atoms with van der Waals surface area (Å²) >= 11 is 5.88. The van der Waals surface area contributed by atoms with Crippen LogP contribution in [0.1, 0.15) is 31.4 Å². The van der Waals surface area contributed by atoms with Crippen LogP contribution in [0.3, 0.4) is 0 Å². The summed E-state index contributed by atoms with van der Waals surface area (Å²) in [4.78, 5) is 0. The second-order valence-electron chi connectivity index (χ2n) is 5.39. The monoisotopic (exact) mass is 291 g/mol. The second kappa shape index (κ2) is 7.46. The number of aryl methyl sites for hydroxylation is 1. The van der Waals surface area contributed by atoms with Gasteiger partial charge in [-0.2, -0.15) is 5.10 Å². The molecule has 0 fully saturated rings. The van der Waals surface area contributed by atoms with Crippen molar-refractivity contribution >= 4 is 11.6 Å². The van der Waals surface area contributed by atoms with Crippen LogP contribution in [0.15, 0.2) is 36.7 Å². The van der Waals surface area contributed by atoms with E-state index in [1.54, 1.807) is 0 Å². The maximum absolute atomic E-state index is 5.88. The molecule has 4 heteroatoms. The van der Waals surface area contributed by atoms with Crippen LogP contribution in [0.2, 0.25) is 5.02 Å². The van der Waals surface area contributed by atoms with Crippen molar-refractivity contribution in [3.05, 3.63) is 52.8 Å². The minimum atomic E-state index is 0.558. The molecule has 108 valence electrons. The number of halogens is 1. The third-order valence-electron chi connectivity index (χ3n) is 3.14. The van der Waals surface area contributed by atoms with Gasteiger partial charge in [-0.15, -0.1) is 0 Å². The lowest BCUT2D eigenvalue weighted by molar-refractivity contribution is 0.570. The van der Waals surface area contributed by atoms with Crippen molar-refractivity contribution in [1.29, 1.82) is 0 Å². The molecule has 1 heterocycles. The van der Waals surface area contributed by atoms with Gasteiger partial charge in [0, 0.05) is 17.3 Å². The van der Waals surface area contributed by atoms with Gasteiger partial charge in [0.1, 0.15) is 0 Å². The molecule has 2 aromatic rings. The van der Waals surface area contributed by atoms with Gasteiger partial charge in [0.2, 0.25) is 0 Å². The lowest BCUT2D eigenvalue weighted by Crippen LogP contribution is -2.23. The number of rotatable bonds is 7. The van der Waals surface area contributed by atoms with Crippen LogP contribution in [0.4, 0.5) is 0 Å². The second-order valence-corrected chi connectivity index (χ2v) is 5.82. The molecule has 0 aliphatic heterocycles. The molecule has 0 amide bonds. The summed E-state index contributed by atoms with van der Waals surface area (Å²) in [5, 5.41) is 8.61. The maximum atomic E-state index is 5.88. The lowest BCUT2D eigenvalue weighted by Gasteiger charge is -2.06. The van der Waals surface area contributed by atoms with Crippen LogP contribution >= 0.6 is 11.6 Å². The topological polar surface area (TPSA) is 29.9 Å². The number of nitrogens with zero attached hydrogens (tertiary/aromatic N) is 2. The van der Waals surface area contributed by atoms with Crippen LogP contribution in [-0.4, -0.2) is 22.4 Å². The van der Waals surface area contributed by atoms with Crippen molar-refractivity contribution < 1.29 is 0 Å². The van der Waals surface area contributed by atoms with Crippen LogP contribution in [0.25, 0.3) is 0 Å². The Balaban J connectivity index is 1.81. The molecule has 0 saturated heterocycles. The molecule has 1 aromatic heterocycles. The lowest BCUT2D eigenvalue weighted by atomic mass is 10.2. The maximum Gasteiger partial charge on any atom is 0.0659 e. The van der Waals surface area contributed by atoms with Gasteiger partial charge in [0.15, 0.2) is 0 Å². The molecule has 0 atom stereocenters. The molecule has 0 saturated carbocycles. The molecule has 3 nitrogen and oxygen atoms in total. The summed E-state index contributed by atoms with van der Waals surface area (Å²) in [5.74, 6) is 0. The first kappa shape index (κ1) is 15.1. The first-order valence-corrected chi connectivity index (χ1v) is 7.50. The van der Waals surface area contributed by atoms with E-state index >= 15 is 0 Å². The van der Waals surface area contributed by atoms with Gasteiger partial charge in [0.05, 0.1) is 12.7 Å². The highest BCUT2D eigenvalue weighted by Gasteiger charge is 2.01. The summed E-state index contributed by atoms with van der Waals surface area (Å²) in [6.07, 6.45) is 6.31. The molecule has 0 aliphatic carbocycles. The Bertz CT molecular complexity index is 517. The molecule has 2 rings (SSSR count). The fourth-order valence-corrected chi connectivity index (χ4v) is 2.21. The van der Waals surface area contributed by atoms with Crippen molar-refractivity contribution in [3.8, 4) is 0 Å². The number of nitrogens with one attached hydrogen (secondary N) is 1. The van der Waals surface area contributed by atoms with E-state index in [1.165, 1.54) is 11.1 Å². The Kier molecular flexibility index (Phi) is 5.62. The SMILES string of the molecule is CC(C)NCCCc1cnn(Cc2ccc(Cl)cc2)c1. The molecule has 0 bridgehead atoms. The quantitative estimate of drug-likeness (QED) is 0.791. The minimum Gasteiger partial charge on any atom is -0.315 e. The summed E-state index contributed by atoms with van der Waals surface area (Å²) in [6, 6.07) is 8.46. The van der Waals surface area contributed by atoms with E-state index in [-0.39, 0.29) is 0 Å². The fraction of sp³-hybridized carbons (Fsp3) is 0.438. The van der Waals surface area contributed by atoms with E-state index in [0.29, 0.717) is 6.04 Å². The highest BCUT2D eigenvalue weighted by molar-refractivity contribution is 6.30. The summed E-state index contributed by atoms with van der Waals surface area (Å²) in [7, 11) is 0. The molecule has 0 unspecified atom stereocenters. The number of hydrogen-bond acceptors (Lipinski definition) is 2. The van der Waals surface area contributed by atoms with Crippen molar-refractivity contribution in [2.45, 2.75) is 39.3 Å². The van der Waals surface area contributed by atoms with Gasteiger partial charge in [-0.05, 0) is 42.6 Å². The third kappa shape index (κ3) is 4.99. The molecule has 0 radical (unpaired) electrons. The Labute approximate surface area is 126 Å². The van der Waals surface area contributed by atoms with Crippen LogP contribution in [-0.2, 0) is 13.0 Å². The highest BCUT2D eigenvalue weighted by Crippen LogP contribution is 2.11. The van der Waals surface area contributed by atoms with Gasteiger partial charge in [0.25, 0.3) is 0 Å². The largest absolute Gasteiger partial charge is 0.315 e. The van der Waals surface area contributed by atoms with Gasteiger partial charge < -0.3 is 5.32 Å². The fourth-order valence-electron chi connectivity index (χ4n) is 2.08. The van der Waals surface area contributed by atoms with Gasteiger partial charge in [-0.1, -0.05) is 37.6 Å². The molecule has 1 aromatic carbocycles. The smallest absolute Gasteiger partial charge is 0.0659 e. The Hall–Kier alpha value is -1.32. The standard InChI is InChI=1S/C16H22ClN3/c1-13(2)18-9-3-4-15-10-19-20(12-15)11-14-5-7-16(17)8-6-14/h5-8,10,12-13,18H,3-4,9,11H2,1-2H3. The summed E-state index contributed by atoms with van der Waals surface area (Å²) in [5.41, 5.74) is 2.51. The zero-order chi connectivity index (χ0) is 14.4. The summed E-state index contributed by atoms with van der Waals surface area (Å²) < 4.78 is 1.98. The molecule has 20 heavy (non-hydrogen) atoms. The predicted molar refractivity (Wildman–Crippen MR) is 84.2 cm³/mol. The van der Waals surface area contributed by atoms with E-state index in [4.69, 9.17) is 11.6 Å². The number of benzene rings is 1. The Morgan fingerprint density at radius 1 is 1.20 bits per heavy atom. The Morgan fingerprint density at radius 3 is 2.65 bits per heavy atom. The van der Waals surface area contributed by atoms with Crippen molar-refractivity contribution in [3.63, 3.8) is 0 Å². The summed E-state index contributed by atoms with van der Waals surface area (Å²) in [6.45, 7) is 6.19. The van der Waals surface area contributed by atoms with Crippen LogP contribution in [0, 0.1) is 0 Å². The average molecular weight is 292 g/mol. The zero-order valence-electron chi connectivity index (χ0n) is 12.1. The molecule has 0 aliphatic rings. The van der Waals surface area contributed by atoms with Crippen molar-refractivity contribution in [2.75, 3.05) is 6.54 Å². The molecule has 0 spiro atoms. The van der Waals surface area contributed by atoms with Gasteiger partial charge >= 0.3 is 0 Å². The predicted octanol–water partition coefficient (Wildman–Crippen LogP) is 3.52. The van der Waals surface area contributed by atoms with Gasteiger partial charge in [-0.25, -0.2) is 0 Å². The van der Waals surface area contributed by atoms with E-state index in [9.17, 15) is 0 Å². The van der Waals surface area contributed by atoms with Gasteiger partial charge in [-0.3, -0.25) is 4.68 Å². The van der Waals surface area contributed by atoms with E-state index < -0.39 is 0 Å². The molecular weight excluding hydrogens is 270 g/mol. The van der Waals surface area contributed by atoms with E-state index in [1.807, 2.05) is 35.1 Å². The first-order chi connectivity index (χ1) is 9.63. The first-order valence-electron chi connectivity index (χ1n) is 7.12. The normalized spacial score (nSPS) is 11.2. The van der Waals surface area contributed by atoms with Crippen molar-refractivity contribution in [2.24, 2.45) is 0 Å². The number of aromatic nitrogens is 2.